The summed E-state index contributed by atoms with van der Waals surface area (Å²) in [4.78, 5) is 29.0. The molecule has 0 aliphatic carbocycles. The maximum absolute atomic E-state index is 13.5. The maximum Gasteiger partial charge on any atom is 0.357 e. The molecule has 0 bridgehead atoms. The van der Waals surface area contributed by atoms with Crippen LogP contribution in [0.25, 0.3) is 32.7 Å². The molecule has 0 fully saturated rings. The van der Waals surface area contributed by atoms with Crippen molar-refractivity contribution in [2.75, 3.05) is 0 Å². The summed E-state index contributed by atoms with van der Waals surface area (Å²) in [6.07, 6.45) is 1.09. The van der Waals surface area contributed by atoms with Crippen molar-refractivity contribution in [3.8, 4) is 28.3 Å². The second-order valence-corrected chi connectivity index (χ2v) is 8.68. The second-order valence-electron chi connectivity index (χ2n) is 7.22. The molecule has 162 valence electrons. The van der Waals surface area contributed by atoms with Crippen LogP contribution < -0.4 is 0 Å². The van der Waals surface area contributed by atoms with Gasteiger partial charge in [-0.2, -0.15) is 0 Å². The van der Waals surface area contributed by atoms with Crippen molar-refractivity contribution in [3.05, 3.63) is 94.2 Å². The summed E-state index contributed by atoms with van der Waals surface area (Å²) in [5, 5.41) is 20.2. The standard InChI is InChI=1S/C25H14ClNO5S/c26-18-4-2-1-3-16(18)22(29)23-21(17-10-9-15(28)11-20(17)33-23)13-5-7-14(8-6-13)24-27-19(12-32-24)25(30)31/h1-12,28H,(H,30,31). The Morgan fingerprint density at radius 2 is 1.70 bits per heavy atom. The second kappa shape index (κ2) is 8.20. The van der Waals surface area contributed by atoms with Crippen LogP contribution in [0.3, 0.4) is 0 Å². The Morgan fingerprint density at radius 3 is 2.39 bits per heavy atom. The van der Waals surface area contributed by atoms with Crippen LogP contribution in [0.1, 0.15) is 25.7 Å². The van der Waals surface area contributed by atoms with Gasteiger partial charge in [-0.1, -0.05) is 35.9 Å². The van der Waals surface area contributed by atoms with Crippen molar-refractivity contribution in [3.63, 3.8) is 0 Å². The van der Waals surface area contributed by atoms with E-state index in [2.05, 4.69) is 4.98 Å². The first-order valence-corrected chi connectivity index (χ1v) is 11.0. The molecule has 5 aromatic rings. The number of phenols is 1. The number of aromatic carboxylic acids is 1. The van der Waals surface area contributed by atoms with Crippen molar-refractivity contribution in [1.82, 2.24) is 4.98 Å². The molecule has 0 amide bonds. The number of fused-ring (bicyclic) bond motifs is 1. The number of aromatic hydroxyl groups is 1. The number of halogens is 1. The summed E-state index contributed by atoms with van der Waals surface area (Å²) in [7, 11) is 0. The number of carboxylic acid groups (broad SMARTS) is 1. The smallest absolute Gasteiger partial charge is 0.357 e. The Hall–Kier alpha value is -3.94. The average Bonchev–Trinajstić information content (AvgIpc) is 3.44. The molecular weight excluding hydrogens is 462 g/mol. The molecule has 5 rings (SSSR count). The van der Waals surface area contributed by atoms with E-state index in [0.717, 1.165) is 27.5 Å². The van der Waals surface area contributed by atoms with Gasteiger partial charge in [0.1, 0.15) is 12.0 Å². The molecule has 0 saturated carbocycles. The SMILES string of the molecule is O=C(O)c1coc(-c2ccc(-c3c(C(=O)c4ccccc4Cl)sc4cc(O)ccc34)cc2)n1. The number of rotatable bonds is 5. The minimum Gasteiger partial charge on any atom is -0.508 e. The van der Waals surface area contributed by atoms with E-state index in [-0.39, 0.29) is 23.1 Å². The van der Waals surface area contributed by atoms with Crippen LogP contribution in [0.15, 0.2) is 77.4 Å². The lowest BCUT2D eigenvalue weighted by Crippen LogP contribution is -2.01. The monoisotopic (exact) mass is 475 g/mol. The van der Waals surface area contributed by atoms with Crippen LogP contribution in [-0.2, 0) is 0 Å². The summed E-state index contributed by atoms with van der Waals surface area (Å²) in [6, 6.07) is 19.0. The van der Waals surface area contributed by atoms with E-state index in [9.17, 15) is 14.7 Å². The van der Waals surface area contributed by atoms with Gasteiger partial charge in [0, 0.05) is 26.8 Å². The lowest BCUT2D eigenvalue weighted by molar-refractivity contribution is 0.0690. The number of hydrogen-bond donors (Lipinski definition) is 2. The molecule has 3 aromatic carbocycles. The number of carbonyl (C=O) groups excluding carboxylic acids is 1. The summed E-state index contributed by atoms with van der Waals surface area (Å²) in [5.41, 5.74) is 2.32. The Bertz CT molecular complexity index is 1530. The lowest BCUT2D eigenvalue weighted by Gasteiger charge is -2.07. The molecule has 0 radical (unpaired) electrons. The number of ketones is 1. The van der Waals surface area contributed by atoms with E-state index >= 15 is 0 Å². The molecule has 33 heavy (non-hydrogen) atoms. The lowest BCUT2D eigenvalue weighted by atomic mass is 9.97. The number of nitrogens with zero attached hydrogens (tertiary/aromatic N) is 1. The Labute approximate surface area is 196 Å². The van der Waals surface area contributed by atoms with Gasteiger partial charge in [-0.25, -0.2) is 9.78 Å². The first-order valence-electron chi connectivity index (χ1n) is 9.77. The number of thiophene rings is 1. The van der Waals surface area contributed by atoms with Gasteiger partial charge in [-0.3, -0.25) is 4.79 Å². The molecule has 2 N–H and O–H groups in total. The highest BCUT2D eigenvalue weighted by molar-refractivity contribution is 7.21. The Kier molecular flexibility index (Phi) is 5.20. The molecule has 6 nitrogen and oxygen atoms in total. The van der Waals surface area contributed by atoms with Gasteiger partial charge in [0.15, 0.2) is 5.69 Å². The predicted octanol–water partition coefficient (Wildman–Crippen LogP) is 6.51. The number of carboxylic acids is 1. The van der Waals surface area contributed by atoms with Crippen LogP contribution in [0.4, 0.5) is 0 Å². The van der Waals surface area contributed by atoms with Gasteiger partial charge in [-0.15, -0.1) is 11.3 Å². The van der Waals surface area contributed by atoms with Crippen LogP contribution in [-0.4, -0.2) is 26.9 Å². The number of hydrogen-bond acceptors (Lipinski definition) is 6. The summed E-state index contributed by atoms with van der Waals surface area (Å²) in [5.74, 6) is -1.08. The zero-order chi connectivity index (χ0) is 23.1. The third kappa shape index (κ3) is 3.77. The maximum atomic E-state index is 13.5. The van der Waals surface area contributed by atoms with E-state index < -0.39 is 5.97 Å². The van der Waals surface area contributed by atoms with Gasteiger partial charge in [-0.05, 0) is 48.0 Å². The fraction of sp³-hybridized carbons (Fsp3) is 0. The van der Waals surface area contributed by atoms with Crippen molar-refractivity contribution in [2.45, 2.75) is 0 Å². The third-order valence-corrected chi connectivity index (χ3v) is 6.62. The zero-order valence-electron chi connectivity index (χ0n) is 16.8. The van der Waals surface area contributed by atoms with Crippen molar-refractivity contribution >= 4 is 44.8 Å². The average molecular weight is 476 g/mol. The van der Waals surface area contributed by atoms with E-state index in [0.29, 0.717) is 21.0 Å². The molecule has 2 aromatic heterocycles. The minimum absolute atomic E-state index is 0.112. The van der Waals surface area contributed by atoms with Gasteiger partial charge < -0.3 is 14.6 Å². The van der Waals surface area contributed by atoms with E-state index in [1.165, 1.54) is 11.3 Å². The molecule has 0 atom stereocenters. The normalized spacial score (nSPS) is 11.1. The fourth-order valence-corrected chi connectivity index (χ4v) is 5.02. The molecule has 0 aliphatic heterocycles. The molecular formula is C25H14ClNO5S. The molecule has 0 aliphatic rings. The Morgan fingerprint density at radius 1 is 0.970 bits per heavy atom. The van der Waals surface area contributed by atoms with Gasteiger partial charge >= 0.3 is 5.97 Å². The van der Waals surface area contributed by atoms with Crippen molar-refractivity contribution in [1.29, 1.82) is 0 Å². The third-order valence-electron chi connectivity index (χ3n) is 5.14. The topological polar surface area (TPSA) is 101 Å². The Balaban J connectivity index is 1.64. The molecule has 0 unspecified atom stereocenters. The highest BCUT2D eigenvalue weighted by Gasteiger charge is 2.23. The predicted molar refractivity (Wildman–Crippen MR) is 126 cm³/mol. The summed E-state index contributed by atoms with van der Waals surface area (Å²) < 4.78 is 6.04. The number of benzene rings is 3. The molecule has 0 saturated heterocycles. The van der Waals surface area contributed by atoms with Crippen molar-refractivity contribution < 1.29 is 24.2 Å². The zero-order valence-corrected chi connectivity index (χ0v) is 18.4. The minimum atomic E-state index is -1.17. The first-order chi connectivity index (χ1) is 15.9. The van der Waals surface area contributed by atoms with Crippen LogP contribution in [0.5, 0.6) is 5.75 Å². The van der Waals surface area contributed by atoms with Gasteiger partial charge in [0.25, 0.3) is 0 Å². The van der Waals surface area contributed by atoms with Gasteiger partial charge in [0.05, 0.1) is 9.90 Å². The molecule has 0 spiro atoms. The first kappa shape index (κ1) is 20.9. The number of carbonyl (C=O) groups is 2. The number of oxazole rings is 1. The highest BCUT2D eigenvalue weighted by Crippen LogP contribution is 2.42. The summed E-state index contributed by atoms with van der Waals surface area (Å²) >= 11 is 7.58. The summed E-state index contributed by atoms with van der Waals surface area (Å²) in [6.45, 7) is 0. The highest BCUT2D eigenvalue weighted by atomic mass is 35.5. The molecule has 2 heterocycles. The van der Waals surface area contributed by atoms with E-state index in [1.807, 2.05) is 12.1 Å². The van der Waals surface area contributed by atoms with Gasteiger partial charge in [0.2, 0.25) is 11.7 Å². The molecule has 8 heteroatoms. The number of phenolic OH excluding ortho intramolecular Hbond substituents is 1. The van der Waals surface area contributed by atoms with Crippen LogP contribution in [0.2, 0.25) is 5.02 Å². The van der Waals surface area contributed by atoms with Crippen LogP contribution >= 0.6 is 22.9 Å². The van der Waals surface area contributed by atoms with E-state index in [4.69, 9.17) is 21.1 Å². The quantitative estimate of drug-likeness (QED) is 0.281. The fourth-order valence-electron chi connectivity index (χ4n) is 3.58. The van der Waals surface area contributed by atoms with Crippen molar-refractivity contribution in [2.24, 2.45) is 0 Å². The number of aromatic nitrogens is 1. The van der Waals surface area contributed by atoms with Crippen LogP contribution in [0, 0.1) is 0 Å². The largest absolute Gasteiger partial charge is 0.508 e. The van der Waals surface area contributed by atoms with E-state index in [1.54, 1.807) is 54.6 Å².